The first kappa shape index (κ1) is 20.2. The minimum Gasteiger partial charge on any atom is -0.494 e. The summed E-state index contributed by atoms with van der Waals surface area (Å²) in [5, 5.41) is 0. The van der Waals surface area contributed by atoms with E-state index in [9.17, 15) is 0 Å². The SMILES string of the molecule is [CH2]CC(Oc1ccc(Br)cc1)c1ccc(OCCCN2CCCCC2)cc1. The predicted molar refractivity (Wildman–Crippen MR) is 114 cm³/mol. The number of piperidine rings is 1. The van der Waals surface area contributed by atoms with E-state index in [2.05, 4.69) is 39.9 Å². The molecule has 1 heterocycles. The molecule has 1 aliphatic heterocycles. The molecule has 0 aliphatic carbocycles. The minimum atomic E-state index is -0.0562. The average Bonchev–Trinajstić information content (AvgIpc) is 2.72. The third kappa shape index (κ3) is 6.54. The van der Waals surface area contributed by atoms with Crippen LogP contribution in [0.2, 0.25) is 0 Å². The Balaban J connectivity index is 1.45. The van der Waals surface area contributed by atoms with Crippen LogP contribution < -0.4 is 9.47 Å². The van der Waals surface area contributed by atoms with Gasteiger partial charge in [-0.15, -0.1) is 0 Å². The number of benzene rings is 2. The van der Waals surface area contributed by atoms with Crippen LogP contribution in [0, 0.1) is 6.92 Å². The predicted octanol–water partition coefficient (Wildman–Crippen LogP) is 6.05. The first-order chi connectivity index (χ1) is 13.2. The number of rotatable bonds is 9. The van der Waals surface area contributed by atoms with Gasteiger partial charge in [0.15, 0.2) is 0 Å². The van der Waals surface area contributed by atoms with Gasteiger partial charge in [0.2, 0.25) is 0 Å². The molecular formula is C23H29BrNO2. The summed E-state index contributed by atoms with van der Waals surface area (Å²) >= 11 is 3.45. The molecule has 0 N–H and O–H groups in total. The normalized spacial score (nSPS) is 16.1. The summed E-state index contributed by atoms with van der Waals surface area (Å²) < 4.78 is 13.0. The zero-order valence-electron chi connectivity index (χ0n) is 15.9. The minimum absolute atomic E-state index is 0.0562. The standard InChI is InChI=1S/C23H29BrNO2/c1-2-23(27-22-13-9-20(24)10-14-22)19-7-11-21(12-8-19)26-18-6-17-25-15-4-3-5-16-25/h7-14,23H,1-6,15-18H2. The zero-order chi connectivity index (χ0) is 18.9. The highest BCUT2D eigenvalue weighted by Gasteiger charge is 2.12. The van der Waals surface area contributed by atoms with E-state index in [-0.39, 0.29) is 6.10 Å². The zero-order valence-corrected chi connectivity index (χ0v) is 17.5. The van der Waals surface area contributed by atoms with E-state index in [4.69, 9.17) is 9.47 Å². The fourth-order valence-electron chi connectivity index (χ4n) is 3.41. The number of hydrogen-bond donors (Lipinski definition) is 0. The molecule has 1 aliphatic rings. The van der Waals surface area contributed by atoms with E-state index >= 15 is 0 Å². The summed E-state index contributed by atoms with van der Waals surface area (Å²) in [5.41, 5.74) is 1.12. The van der Waals surface area contributed by atoms with Crippen molar-refractivity contribution in [1.82, 2.24) is 4.90 Å². The second-order valence-electron chi connectivity index (χ2n) is 7.02. The Morgan fingerprint density at radius 3 is 2.26 bits per heavy atom. The Morgan fingerprint density at radius 1 is 0.926 bits per heavy atom. The fourth-order valence-corrected chi connectivity index (χ4v) is 3.68. The van der Waals surface area contributed by atoms with E-state index in [1.807, 2.05) is 36.4 Å². The molecule has 4 heteroatoms. The van der Waals surface area contributed by atoms with Crippen molar-refractivity contribution in [2.24, 2.45) is 0 Å². The second kappa shape index (κ2) is 10.7. The van der Waals surface area contributed by atoms with Gasteiger partial charge >= 0.3 is 0 Å². The molecule has 0 amide bonds. The molecule has 145 valence electrons. The topological polar surface area (TPSA) is 21.7 Å². The van der Waals surface area contributed by atoms with Gasteiger partial charge in [-0.2, -0.15) is 0 Å². The Morgan fingerprint density at radius 2 is 1.59 bits per heavy atom. The molecule has 2 aromatic rings. The first-order valence-electron chi connectivity index (χ1n) is 9.91. The fraction of sp³-hybridized carbons (Fsp3) is 0.435. The molecule has 1 atom stereocenters. The third-order valence-corrected chi connectivity index (χ3v) is 5.47. The Hall–Kier alpha value is -1.52. The second-order valence-corrected chi connectivity index (χ2v) is 7.94. The van der Waals surface area contributed by atoms with Crippen molar-refractivity contribution in [2.75, 3.05) is 26.2 Å². The Labute approximate surface area is 171 Å². The summed E-state index contributed by atoms with van der Waals surface area (Å²) in [7, 11) is 0. The van der Waals surface area contributed by atoms with Crippen molar-refractivity contribution in [3.8, 4) is 11.5 Å². The summed E-state index contributed by atoms with van der Waals surface area (Å²) in [6.45, 7) is 8.44. The molecule has 1 fully saturated rings. The lowest BCUT2D eigenvalue weighted by Gasteiger charge is -2.26. The highest BCUT2D eigenvalue weighted by molar-refractivity contribution is 9.10. The molecule has 27 heavy (non-hydrogen) atoms. The maximum atomic E-state index is 6.08. The molecule has 1 saturated heterocycles. The van der Waals surface area contributed by atoms with Crippen molar-refractivity contribution in [3.63, 3.8) is 0 Å². The third-order valence-electron chi connectivity index (χ3n) is 4.94. The van der Waals surface area contributed by atoms with Gasteiger partial charge in [0.05, 0.1) is 6.61 Å². The van der Waals surface area contributed by atoms with E-state index in [1.165, 1.54) is 32.4 Å². The molecule has 0 spiro atoms. The lowest BCUT2D eigenvalue weighted by molar-refractivity contribution is 0.204. The van der Waals surface area contributed by atoms with Crippen LogP contribution >= 0.6 is 15.9 Å². The van der Waals surface area contributed by atoms with Crippen molar-refractivity contribution in [2.45, 2.75) is 38.2 Å². The van der Waals surface area contributed by atoms with Gasteiger partial charge in [-0.1, -0.05) is 34.5 Å². The van der Waals surface area contributed by atoms with Crippen LogP contribution in [0.3, 0.4) is 0 Å². The molecule has 3 rings (SSSR count). The van der Waals surface area contributed by atoms with Crippen LogP contribution in [-0.2, 0) is 0 Å². The van der Waals surface area contributed by atoms with Gasteiger partial charge in [-0.25, -0.2) is 0 Å². The van der Waals surface area contributed by atoms with Crippen molar-refractivity contribution in [3.05, 3.63) is 65.5 Å². The highest BCUT2D eigenvalue weighted by Crippen LogP contribution is 2.27. The molecule has 1 unspecified atom stereocenters. The maximum Gasteiger partial charge on any atom is 0.124 e. The average molecular weight is 431 g/mol. The van der Waals surface area contributed by atoms with Gasteiger partial charge in [0.25, 0.3) is 0 Å². The van der Waals surface area contributed by atoms with Crippen molar-refractivity contribution >= 4 is 15.9 Å². The molecule has 1 radical (unpaired) electrons. The largest absolute Gasteiger partial charge is 0.494 e. The Bertz CT molecular complexity index is 666. The van der Waals surface area contributed by atoms with Gasteiger partial charge < -0.3 is 14.4 Å². The molecule has 0 saturated carbocycles. The summed E-state index contributed by atoms with van der Waals surface area (Å²) in [4.78, 5) is 2.55. The van der Waals surface area contributed by atoms with E-state index in [0.717, 1.165) is 41.1 Å². The van der Waals surface area contributed by atoms with Crippen LogP contribution in [0.4, 0.5) is 0 Å². The van der Waals surface area contributed by atoms with Crippen LogP contribution in [0.15, 0.2) is 53.0 Å². The molecule has 3 nitrogen and oxygen atoms in total. The quantitative estimate of drug-likeness (QED) is 0.452. The lowest BCUT2D eigenvalue weighted by Crippen LogP contribution is -2.31. The first-order valence-corrected chi connectivity index (χ1v) is 10.7. The molecule has 0 bridgehead atoms. The van der Waals surface area contributed by atoms with Gasteiger partial charge in [0, 0.05) is 11.0 Å². The monoisotopic (exact) mass is 430 g/mol. The van der Waals surface area contributed by atoms with E-state index in [1.54, 1.807) is 0 Å². The van der Waals surface area contributed by atoms with E-state index < -0.39 is 0 Å². The van der Waals surface area contributed by atoms with Crippen LogP contribution in [0.25, 0.3) is 0 Å². The highest BCUT2D eigenvalue weighted by atomic mass is 79.9. The number of hydrogen-bond acceptors (Lipinski definition) is 3. The summed E-state index contributed by atoms with van der Waals surface area (Å²) in [5.74, 6) is 1.77. The molecular weight excluding hydrogens is 402 g/mol. The lowest BCUT2D eigenvalue weighted by atomic mass is 10.1. The Kier molecular flexibility index (Phi) is 8.03. The number of ether oxygens (including phenoxy) is 2. The molecule has 0 aromatic heterocycles. The maximum absolute atomic E-state index is 6.08. The van der Waals surface area contributed by atoms with Crippen molar-refractivity contribution in [1.29, 1.82) is 0 Å². The number of halogens is 1. The van der Waals surface area contributed by atoms with E-state index in [0.29, 0.717) is 6.42 Å². The van der Waals surface area contributed by atoms with Crippen LogP contribution in [-0.4, -0.2) is 31.1 Å². The van der Waals surface area contributed by atoms with Crippen LogP contribution in [0.1, 0.15) is 43.8 Å². The summed E-state index contributed by atoms with van der Waals surface area (Å²) in [6, 6.07) is 16.1. The molecule has 2 aromatic carbocycles. The van der Waals surface area contributed by atoms with Gasteiger partial charge in [-0.05, 0) is 87.7 Å². The summed E-state index contributed by atoms with van der Waals surface area (Å²) in [6.07, 6.45) is 5.77. The number of nitrogens with zero attached hydrogens (tertiary/aromatic N) is 1. The number of likely N-dealkylation sites (tertiary alicyclic amines) is 1. The smallest absolute Gasteiger partial charge is 0.124 e. The van der Waals surface area contributed by atoms with Crippen molar-refractivity contribution < 1.29 is 9.47 Å². The van der Waals surface area contributed by atoms with Gasteiger partial charge in [0.1, 0.15) is 17.6 Å². The van der Waals surface area contributed by atoms with Crippen LogP contribution in [0.5, 0.6) is 11.5 Å². The van der Waals surface area contributed by atoms with Gasteiger partial charge in [-0.3, -0.25) is 0 Å².